The zero-order chi connectivity index (χ0) is 23.8. The molecule has 0 aromatic carbocycles. The molecule has 1 aliphatic rings. The van der Waals surface area contributed by atoms with Gasteiger partial charge >= 0.3 is 0 Å². The highest BCUT2D eigenvalue weighted by atomic mass is 16.5. The molecule has 0 spiro atoms. The first kappa shape index (κ1) is 22.3. The molecule has 1 amide bonds. The number of rotatable bonds is 6. The van der Waals surface area contributed by atoms with Crippen molar-refractivity contribution in [3.63, 3.8) is 0 Å². The first-order valence-electron chi connectivity index (χ1n) is 11.8. The second kappa shape index (κ2) is 9.06. The van der Waals surface area contributed by atoms with E-state index in [9.17, 15) is 4.79 Å². The van der Waals surface area contributed by atoms with Crippen LogP contribution in [0.5, 0.6) is 5.75 Å². The van der Waals surface area contributed by atoms with Crippen molar-refractivity contribution in [1.29, 1.82) is 0 Å². The predicted octanol–water partition coefficient (Wildman–Crippen LogP) is 3.33. The van der Waals surface area contributed by atoms with Gasteiger partial charge in [0.05, 0.1) is 31.1 Å². The number of H-pyrrole nitrogens is 1. The summed E-state index contributed by atoms with van der Waals surface area (Å²) in [6.45, 7) is 6.72. The normalized spacial score (nSPS) is 15.4. The highest BCUT2D eigenvalue weighted by Gasteiger charge is 2.25. The number of methoxy groups -OCH3 is 1. The molecule has 4 aromatic rings. The maximum Gasteiger partial charge on any atom is 0.233 e. The van der Waals surface area contributed by atoms with E-state index in [0.29, 0.717) is 29.8 Å². The van der Waals surface area contributed by atoms with E-state index in [2.05, 4.69) is 45.2 Å². The Kier molecular flexibility index (Phi) is 5.95. The smallest absolute Gasteiger partial charge is 0.233 e. The number of aromatic nitrogens is 5. The van der Waals surface area contributed by atoms with Gasteiger partial charge in [-0.25, -0.2) is 9.50 Å². The van der Waals surface area contributed by atoms with Crippen LogP contribution in [0.3, 0.4) is 0 Å². The minimum Gasteiger partial charge on any atom is -0.493 e. The van der Waals surface area contributed by atoms with Gasteiger partial charge < -0.3 is 15.0 Å². The average Bonchev–Trinajstić information content (AvgIpc) is 3.48. The van der Waals surface area contributed by atoms with Crippen molar-refractivity contribution in [2.75, 3.05) is 33.8 Å². The summed E-state index contributed by atoms with van der Waals surface area (Å²) in [4.78, 5) is 26.7. The zero-order valence-corrected chi connectivity index (χ0v) is 20.1. The number of ether oxygens (including phenoxy) is 1. The van der Waals surface area contributed by atoms with Crippen LogP contribution < -0.4 is 10.1 Å². The lowest BCUT2D eigenvalue weighted by Gasteiger charge is -2.31. The van der Waals surface area contributed by atoms with Crippen LogP contribution in [0.25, 0.3) is 27.8 Å². The molecule has 2 N–H and O–H groups in total. The van der Waals surface area contributed by atoms with Crippen LogP contribution in [0.15, 0.2) is 30.9 Å². The van der Waals surface area contributed by atoms with E-state index in [1.54, 1.807) is 18.7 Å². The molecule has 178 valence electrons. The van der Waals surface area contributed by atoms with Crippen LogP contribution in [0, 0.1) is 0 Å². The predicted molar refractivity (Wildman–Crippen MR) is 131 cm³/mol. The van der Waals surface area contributed by atoms with E-state index < -0.39 is 0 Å². The Morgan fingerprint density at radius 3 is 2.76 bits per heavy atom. The summed E-state index contributed by atoms with van der Waals surface area (Å²) in [7, 11) is 3.34. The Balaban J connectivity index is 1.49. The van der Waals surface area contributed by atoms with Gasteiger partial charge in [-0.3, -0.25) is 14.7 Å². The van der Waals surface area contributed by atoms with Gasteiger partial charge in [0, 0.05) is 35.8 Å². The molecule has 1 fully saturated rings. The standard InChI is InChI=1S/C25H31N7O2/c1-15(2)23-18-10-19(16-5-7-31(8-6-16)13-22(33)26-3)27-11-20(18)30-24(23)17-9-21(34-4)25-28-14-29-32(25)12-17/h9-12,14-16,30H,5-8,13H2,1-4H3,(H,26,33). The number of likely N-dealkylation sites (tertiary alicyclic amines) is 1. The molecule has 9 heteroatoms. The monoisotopic (exact) mass is 461 g/mol. The highest BCUT2D eigenvalue weighted by molar-refractivity contribution is 5.91. The summed E-state index contributed by atoms with van der Waals surface area (Å²) in [6.07, 6.45) is 7.49. The molecule has 0 saturated carbocycles. The van der Waals surface area contributed by atoms with E-state index in [1.165, 1.54) is 17.3 Å². The number of pyridine rings is 2. The van der Waals surface area contributed by atoms with Crippen LogP contribution in [0.1, 0.15) is 49.8 Å². The molecule has 9 nitrogen and oxygen atoms in total. The van der Waals surface area contributed by atoms with E-state index in [1.807, 2.05) is 18.5 Å². The third-order valence-electron chi connectivity index (χ3n) is 6.82. The number of fused-ring (bicyclic) bond motifs is 2. The molecular weight excluding hydrogens is 430 g/mol. The molecule has 4 aromatic heterocycles. The number of likely N-dealkylation sites (N-methyl/N-ethyl adjacent to an activating group) is 1. The number of amides is 1. The lowest BCUT2D eigenvalue weighted by Crippen LogP contribution is -2.40. The Morgan fingerprint density at radius 1 is 1.26 bits per heavy atom. The van der Waals surface area contributed by atoms with Crippen LogP contribution in [0.2, 0.25) is 0 Å². The summed E-state index contributed by atoms with van der Waals surface area (Å²) < 4.78 is 7.33. The molecule has 5 heterocycles. The lowest BCUT2D eigenvalue weighted by molar-refractivity contribution is -0.122. The molecule has 5 rings (SSSR count). The largest absolute Gasteiger partial charge is 0.493 e. The lowest BCUT2D eigenvalue weighted by atomic mass is 9.91. The van der Waals surface area contributed by atoms with Gasteiger partial charge in [-0.2, -0.15) is 5.10 Å². The van der Waals surface area contributed by atoms with Gasteiger partial charge in [0.15, 0.2) is 11.4 Å². The number of hydrogen-bond acceptors (Lipinski definition) is 6. The number of hydrogen-bond donors (Lipinski definition) is 2. The molecule has 0 unspecified atom stereocenters. The quantitative estimate of drug-likeness (QED) is 0.457. The number of aromatic amines is 1. The number of nitrogens with zero attached hydrogens (tertiary/aromatic N) is 5. The third-order valence-corrected chi connectivity index (χ3v) is 6.82. The maximum absolute atomic E-state index is 11.7. The van der Waals surface area contributed by atoms with Crippen molar-refractivity contribution >= 4 is 22.5 Å². The summed E-state index contributed by atoms with van der Waals surface area (Å²) in [5.41, 5.74) is 6.16. The Labute approximate surface area is 198 Å². The molecular formula is C25H31N7O2. The van der Waals surface area contributed by atoms with Gasteiger partial charge in [-0.15, -0.1) is 0 Å². The topological polar surface area (TPSA) is 100 Å². The second-order valence-electron chi connectivity index (χ2n) is 9.27. The Hall–Kier alpha value is -3.46. The van der Waals surface area contributed by atoms with Crippen molar-refractivity contribution in [2.24, 2.45) is 0 Å². The third kappa shape index (κ3) is 4.00. The van der Waals surface area contributed by atoms with Crippen molar-refractivity contribution in [2.45, 2.75) is 38.5 Å². The fourth-order valence-electron chi connectivity index (χ4n) is 5.03. The minimum absolute atomic E-state index is 0.0696. The van der Waals surface area contributed by atoms with E-state index >= 15 is 0 Å². The average molecular weight is 462 g/mol. The van der Waals surface area contributed by atoms with E-state index in [-0.39, 0.29) is 5.91 Å². The summed E-state index contributed by atoms with van der Waals surface area (Å²) in [5, 5.41) is 8.24. The molecule has 0 bridgehead atoms. The van der Waals surface area contributed by atoms with Crippen LogP contribution in [-0.2, 0) is 4.79 Å². The molecule has 34 heavy (non-hydrogen) atoms. The minimum atomic E-state index is 0.0696. The van der Waals surface area contributed by atoms with E-state index in [0.717, 1.165) is 48.4 Å². The van der Waals surface area contributed by atoms with Crippen LogP contribution in [0.4, 0.5) is 0 Å². The SMILES string of the molecule is CNC(=O)CN1CCC(c2cc3c(C(C)C)c(-c4cc(OC)c5ncnn5c4)[nH]c3cn2)CC1. The molecule has 1 aliphatic heterocycles. The van der Waals surface area contributed by atoms with Crippen LogP contribution >= 0.6 is 0 Å². The van der Waals surface area contributed by atoms with Crippen molar-refractivity contribution in [1.82, 2.24) is 34.8 Å². The first-order chi connectivity index (χ1) is 16.5. The molecule has 1 saturated heterocycles. The fraction of sp³-hybridized carbons (Fsp3) is 0.440. The Morgan fingerprint density at radius 2 is 2.06 bits per heavy atom. The van der Waals surface area contributed by atoms with Gasteiger partial charge in [0.25, 0.3) is 0 Å². The molecule has 0 radical (unpaired) electrons. The zero-order valence-electron chi connectivity index (χ0n) is 20.1. The van der Waals surface area contributed by atoms with Gasteiger partial charge in [-0.05, 0) is 49.5 Å². The summed E-state index contributed by atoms with van der Waals surface area (Å²) >= 11 is 0. The number of carbonyl (C=O) groups excluding carboxylic acids is 1. The van der Waals surface area contributed by atoms with Crippen molar-refractivity contribution in [3.05, 3.63) is 42.1 Å². The van der Waals surface area contributed by atoms with Gasteiger partial charge in [0.1, 0.15) is 6.33 Å². The van der Waals surface area contributed by atoms with Gasteiger partial charge in [-0.1, -0.05) is 13.8 Å². The Bertz CT molecular complexity index is 1330. The summed E-state index contributed by atoms with van der Waals surface area (Å²) in [5.74, 6) is 1.46. The highest BCUT2D eigenvalue weighted by Crippen LogP contribution is 2.38. The molecule has 0 aliphatic carbocycles. The number of piperidine rings is 1. The van der Waals surface area contributed by atoms with Gasteiger partial charge in [0.2, 0.25) is 5.91 Å². The molecule has 0 atom stereocenters. The van der Waals surface area contributed by atoms with Crippen molar-refractivity contribution in [3.8, 4) is 17.0 Å². The fourth-order valence-corrected chi connectivity index (χ4v) is 5.03. The summed E-state index contributed by atoms with van der Waals surface area (Å²) in [6, 6.07) is 4.27. The number of carbonyl (C=O) groups is 1. The number of nitrogens with one attached hydrogen (secondary N) is 2. The van der Waals surface area contributed by atoms with Crippen molar-refractivity contribution < 1.29 is 9.53 Å². The maximum atomic E-state index is 11.7. The first-order valence-corrected chi connectivity index (χ1v) is 11.8. The van der Waals surface area contributed by atoms with Crippen LogP contribution in [-0.4, -0.2) is 69.2 Å². The second-order valence-corrected chi connectivity index (χ2v) is 9.27. The van der Waals surface area contributed by atoms with E-state index in [4.69, 9.17) is 9.72 Å².